The third-order valence-electron chi connectivity index (χ3n) is 12.8. The van der Waals surface area contributed by atoms with E-state index in [4.69, 9.17) is 15.0 Å². The fourth-order valence-electron chi connectivity index (χ4n) is 9.61. The van der Waals surface area contributed by atoms with Crippen LogP contribution in [0.25, 0.3) is 126 Å². The standard InChI is InChI=1S/C61H38N4S/c1-2-15-40(16-3-1)49-32-31-48(37-56(49)65-54-25-9-6-22-50(54)51-23-7-10-26-55(51)65)61-63-59(46-20-12-18-42(35-46)44-29-28-39-14-4-5-17-41(39)34-44)62-60(64-61)47-21-13-19-43(36-47)45-30-33-53-52-24-8-11-27-57(52)66-58(53)38-45/h1-38H. The van der Waals surface area contributed by atoms with Crippen LogP contribution in [0.1, 0.15) is 0 Å². The van der Waals surface area contributed by atoms with Crippen LogP contribution < -0.4 is 0 Å². The first-order chi connectivity index (χ1) is 32.7. The molecule has 3 aromatic heterocycles. The fourth-order valence-corrected chi connectivity index (χ4v) is 10.8. The van der Waals surface area contributed by atoms with Gasteiger partial charge in [-0.1, -0.05) is 182 Å². The van der Waals surface area contributed by atoms with Crippen LogP contribution in [0.2, 0.25) is 0 Å². The van der Waals surface area contributed by atoms with Crippen LogP contribution in [0.15, 0.2) is 231 Å². The van der Waals surface area contributed by atoms with E-state index in [-0.39, 0.29) is 0 Å². The molecule has 0 saturated heterocycles. The van der Waals surface area contributed by atoms with Gasteiger partial charge in [0.25, 0.3) is 0 Å². The van der Waals surface area contributed by atoms with Gasteiger partial charge in [-0.2, -0.15) is 0 Å². The molecule has 13 rings (SSSR count). The zero-order valence-electron chi connectivity index (χ0n) is 35.6. The molecule has 0 N–H and O–H groups in total. The van der Waals surface area contributed by atoms with E-state index in [0.29, 0.717) is 17.5 Å². The van der Waals surface area contributed by atoms with Crippen molar-refractivity contribution >= 4 is 64.1 Å². The summed E-state index contributed by atoms with van der Waals surface area (Å²) in [5.41, 5.74) is 12.8. The van der Waals surface area contributed by atoms with Crippen molar-refractivity contribution in [2.75, 3.05) is 0 Å². The van der Waals surface area contributed by atoms with Crippen LogP contribution in [0.4, 0.5) is 0 Å². The van der Waals surface area contributed by atoms with Crippen LogP contribution in [0.3, 0.4) is 0 Å². The van der Waals surface area contributed by atoms with Gasteiger partial charge in [0.05, 0.1) is 16.7 Å². The van der Waals surface area contributed by atoms with Gasteiger partial charge in [-0.05, 0) is 87.1 Å². The Morgan fingerprint density at radius 1 is 0.288 bits per heavy atom. The summed E-state index contributed by atoms with van der Waals surface area (Å²) in [6.07, 6.45) is 0. The summed E-state index contributed by atoms with van der Waals surface area (Å²) in [5, 5.41) is 7.42. The smallest absolute Gasteiger partial charge is 0.164 e. The number of hydrogen-bond acceptors (Lipinski definition) is 4. The van der Waals surface area contributed by atoms with Crippen molar-refractivity contribution in [3.63, 3.8) is 0 Å². The molecule has 0 saturated carbocycles. The molecular formula is C61H38N4S. The molecule has 4 nitrogen and oxygen atoms in total. The van der Waals surface area contributed by atoms with Crippen molar-refractivity contribution in [2.45, 2.75) is 0 Å². The Hall–Kier alpha value is -8.51. The van der Waals surface area contributed by atoms with Gasteiger partial charge in [-0.3, -0.25) is 0 Å². The lowest BCUT2D eigenvalue weighted by atomic mass is 9.99. The van der Waals surface area contributed by atoms with E-state index < -0.39 is 0 Å². The van der Waals surface area contributed by atoms with Crippen molar-refractivity contribution in [3.8, 4) is 73.2 Å². The maximum Gasteiger partial charge on any atom is 0.164 e. The number of aromatic nitrogens is 4. The van der Waals surface area contributed by atoms with Gasteiger partial charge in [0.1, 0.15) is 0 Å². The molecule has 13 aromatic rings. The zero-order chi connectivity index (χ0) is 43.6. The van der Waals surface area contributed by atoms with Crippen molar-refractivity contribution in [1.82, 2.24) is 19.5 Å². The van der Waals surface area contributed by atoms with Gasteiger partial charge < -0.3 is 4.57 Å². The van der Waals surface area contributed by atoms with E-state index in [2.05, 4.69) is 235 Å². The average Bonchev–Trinajstić information content (AvgIpc) is 3.94. The highest BCUT2D eigenvalue weighted by Crippen LogP contribution is 2.40. The van der Waals surface area contributed by atoms with Gasteiger partial charge in [0.2, 0.25) is 0 Å². The molecule has 5 heteroatoms. The minimum atomic E-state index is 0.602. The van der Waals surface area contributed by atoms with Crippen LogP contribution >= 0.6 is 11.3 Å². The monoisotopic (exact) mass is 858 g/mol. The molecule has 0 unspecified atom stereocenters. The summed E-state index contributed by atoms with van der Waals surface area (Å²) in [7, 11) is 0. The van der Waals surface area contributed by atoms with Crippen LogP contribution in [0.5, 0.6) is 0 Å². The van der Waals surface area contributed by atoms with Crippen molar-refractivity contribution < 1.29 is 0 Å². The van der Waals surface area contributed by atoms with E-state index in [1.54, 1.807) is 0 Å². The normalized spacial score (nSPS) is 11.6. The first-order valence-corrected chi connectivity index (χ1v) is 23.1. The summed E-state index contributed by atoms with van der Waals surface area (Å²) < 4.78 is 4.96. The highest BCUT2D eigenvalue weighted by Gasteiger charge is 2.20. The van der Waals surface area contributed by atoms with Gasteiger partial charge in [0.15, 0.2) is 17.5 Å². The molecule has 3 heterocycles. The maximum atomic E-state index is 5.35. The van der Waals surface area contributed by atoms with Crippen LogP contribution in [-0.2, 0) is 0 Å². The number of para-hydroxylation sites is 2. The lowest BCUT2D eigenvalue weighted by molar-refractivity contribution is 1.07. The van der Waals surface area contributed by atoms with Crippen molar-refractivity contribution in [1.29, 1.82) is 0 Å². The lowest BCUT2D eigenvalue weighted by Gasteiger charge is -2.16. The summed E-state index contributed by atoms with van der Waals surface area (Å²) in [6.45, 7) is 0. The zero-order valence-corrected chi connectivity index (χ0v) is 36.5. The third kappa shape index (κ3) is 6.56. The molecule has 0 bridgehead atoms. The van der Waals surface area contributed by atoms with Crippen molar-refractivity contribution in [2.24, 2.45) is 0 Å². The van der Waals surface area contributed by atoms with Gasteiger partial charge in [-0.15, -0.1) is 11.3 Å². The fraction of sp³-hybridized carbons (Fsp3) is 0. The summed E-state index contributed by atoms with van der Waals surface area (Å²) in [4.78, 5) is 16.0. The Morgan fingerprint density at radius 3 is 1.47 bits per heavy atom. The number of benzene rings is 10. The molecule has 66 heavy (non-hydrogen) atoms. The highest BCUT2D eigenvalue weighted by atomic mass is 32.1. The molecule has 0 aliphatic rings. The van der Waals surface area contributed by atoms with E-state index in [0.717, 1.165) is 66.8 Å². The Balaban J connectivity index is 1.00. The second kappa shape index (κ2) is 15.6. The predicted octanol–water partition coefficient (Wildman–Crippen LogP) is 16.5. The molecular weight excluding hydrogens is 821 g/mol. The van der Waals surface area contributed by atoms with E-state index in [1.165, 1.54) is 41.7 Å². The van der Waals surface area contributed by atoms with Gasteiger partial charge in [0, 0.05) is 53.2 Å². The number of fused-ring (bicyclic) bond motifs is 7. The SMILES string of the molecule is c1ccc(-c2ccc(-c3nc(-c4cccc(-c5ccc6ccccc6c5)c4)nc(-c4cccc(-c5ccc6c(c5)sc5ccccc56)c4)n3)cc2-n2c3ccccc3c3ccccc32)cc1. The van der Waals surface area contributed by atoms with E-state index >= 15 is 0 Å². The first kappa shape index (κ1) is 38.0. The Morgan fingerprint density at radius 2 is 0.773 bits per heavy atom. The van der Waals surface area contributed by atoms with Gasteiger partial charge in [-0.25, -0.2) is 15.0 Å². The predicted molar refractivity (Wildman–Crippen MR) is 277 cm³/mol. The number of hydrogen-bond donors (Lipinski definition) is 0. The maximum absolute atomic E-state index is 5.35. The summed E-state index contributed by atoms with van der Waals surface area (Å²) >= 11 is 1.84. The average molecular weight is 859 g/mol. The highest BCUT2D eigenvalue weighted by molar-refractivity contribution is 7.25. The lowest BCUT2D eigenvalue weighted by Crippen LogP contribution is -2.02. The van der Waals surface area contributed by atoms with Crippen molar-refractivity contribution in [3.05, 3.63) is 231 Å². The van der Waals surface area contributed by atoms with Crippen LogP contribution in [-0.4, -0.2) is 19.5 Å². The molecule has 0 spiro atoms. The molecule has 0 fully saturated rings. The molecule has 10 aromatic carbocycles. The molecule has 0 amide bonds. The number of rotatable bonds is 7. The largest absolute Gasteiger partial charge is 0.309 e. The molecule has 308 valence electrons. The minimum Gasteiger partial charge on any atom is -0.309 e. The Bertz CT molecular complexity index is 3960. The summed E-state index contributed by atoms with van der Waals surface area (Å²) in [6, 6.07) is 82.3. The Kier molecular flexibility index (Phi) is 9.00. The second-order valence-electron chi connectivity index (χ2n) is 16.8. The second-order valence-corrected chi connectivity index (χ2v) is 17.9. The van der Waals surface area contributed by atoms with Gasteiger partial charge >= 0.3 is 0 Å². The van der Waals surface area contributed by atoms with E-state index in [1.807, 2.05) is 11.3 Å². The minimum absolute atomic E-state index is 0.602. The molecule has 0 radical (unpaired) electrons. The molecule has 0 aliphatic heterocycles. The first-order valence-electron chi connectivity index (χ1n) is 22.2. The molecule has 0 atom stereocenters. The van der Waals surface area contributed by atoms with E-state index in [9.17, 15) is 0 Å². The molecule has 0 aliphatic carbocycles. The summed E-state index contributed by atoms with van der Waals surface area (Å²) in [5.74, 6) is 1.83. The van der Waals surface area contributed by atoms with Crippen LogP contribution in [0, 0.1) is 0 Å². The Labute approximate surface area is 385 Å². The third-order valence-corrected chi connectivity index (χ3v) is 14.0. The topological polar surface area (TPSA) is 43.6 Å². The quantitative estimate of drug-likeness (QED) is 0.160. The number of thiophene rings is 1. The number of nitrogens with zero attached hydrogens (tertiary/aromatic N) is 4.